The van der Waals surface area contributed by atoms with E-state index in [4.69, 9.17) is 4.74 Å². The molecule has 5 heteroatoms. The second-order valence-corrected chi connectivity index (χ2v) is 4.71. The van der Waals surface area contributed by atoms with Crippen LogP contribution in [-0.2, 0) is 4.79 Å². The van der Waals surface area contributed by atoms with Gasteiger partial charge in [-0.3, -0.25) is 4.79 Å². The van der Waals surface area contributed by atoms with E-state index in [2.05, 4.69) is 15.6 Å². The summed E-state index contributed by atoms with van der Waals surface area (Å²) in [4.78, 5) is 16.6. The van der Waals surface area contributed by atoms with Crippen LogP contribution in [0.1, 0.15) is 33.1 Å². The van der Waals surface area contributed by atoms with Crippen LogP contribution in [-0.4, -0.2) is 29.6 Å². The summed E-state index contributed by atoms with van der Waals surface area (Å²) in [6, 6.07) is 3.60. The minimum atomic E-state index is -0.445. The van der Waals surface area contributed by atoms with Gasteiger partial charge in [0, 0.05) is 6.20 Å². The van der Waals surface area contributed by atoms with Crippen molar-refractivity contribution in [3.05, 3.63) is 18.3 Å². The molecule has 1 aromatic heterocycles. The molecule has 0 aromatic carbocycles. The predicted molar refractivity (Wildman–Crippen MR) is 74.3 cm³/mol. The molecule has 1 aromatic rings. The van der Waals surface area contributed by atoms with Crippen molar-refractivity contribution in [3.8, 4) is 5.88 Å². The van der Waals surface area contributed by atoms with Crippen LogP contribution in [0.4, 0.5) is 5.69 Å². The molecule has 0 spiro atoms. The van der Waals surface area contributed by atoms with Crippen LogP contribution >= 0.6 is 0 Å². The summed E-state index contributed by atoms with van der Waals surface area (Å²) in [7, 11) is 0. The topological polar surface area (TPSA) is 63.2 Å². The van der Waals surface area contributed by atoms with Crippen LogP contribution in [0.5, 0.6) is 5.88 Å². The molecule has 1 unspecified atom stereocenters. The van der Waals surface area contributed by atoms with Crippen LogP contribution < -0.4 is 15.4 Å². The first-order chi connectivity index (χ1) is 9.22. The average Bonchev–Trinajstić information content (AvgIpc) is 2.91. The second-order valence-electron chi connectivity index (χ2n) is 4.71. The zero-order valence-corrected chi connectivity index (χ0v) is 11.5. The highest BCUT2D eigenvalue weighted by Gasteiger charge is 2.39. The third kappa shape index (κ3) is 2.87. The molecule has 19 heavy (non-hydrogen) atoms. The van der Waals surface area contributed by atoms with E-state index in [0.29, 0.717) is 18.2 Å². The van der Waals surface area contributed by atoms with Gasteiger partial charge in [0.1, 0.15) is 5.69 Å². The number of hydrogen-bond donors (Lipinski definition) is 2. The smallest absolute Gasteiger partial charge is 0.244 e. The third-order valence-corrected chi connectivity index (χ3v) is 3.58. The van der Waals surface area contributed by atoms with Crippen molar-refractivity contribution in [2.45, 2.75) is 38.6 Å². The third-order valence-electron chi connectivity index (χ3n) is 3.58. The molecule has 2 rings (SSSR count). The number of amides is 1. The van der Waals surface area contributed by atoms with Gasteiger partial charge in [0.15, 0.2) is 0 Å². The van der Waals surface area contributed by atoms with Gasteiger partial charge in [-0.2, -0.15) is 0 Å². The van der Waals surface area contributed by atoms with E-state index in [1.54, 1.807) is 12.3 Å². The summed E-state index contributed by atoms with van der Waals surface area (Å²) in [6.45, 7) is 5.35. The Morgan fingerprint density at radius 3 is 3.05 bits per heavy atom. The lowest BCUT2D eigenvalue weighted by molar-refractivity contribution is -0.122. The van der Waals surface area contributed by atoms with E-state index in [1.807, 2.05) is 19.9 Å². The van der Waals surface area contributed by atoms with Gasteiger partial charge in [-0.15, -0.1) is 0 Å². The Hall–Kier alpha value is -1.62. The number of nitrogens with zero attached hydrogens (tertiary/aromatic N) is 1. The first-order valence-corrected chi connectivity index (χ1v) is 6.86. The van der Waals surface area contributed by atoms with Crippen LogP contribution in [0.2, 0.25) is 0 Å². The fraction of sp³-hybridized carbons (Fsp3) is 0.571. The highest BCUT2D eigenvalue weighted by molar-refractivity contribution is 5.99. The molecule has 5 nitrogen and oxygen atoms in total. The molecule has 0 aliphatic carbocycles. The summed E-state index contributed by atoms with van der Waals surface area (Å²) >= 11 is 0. The van der Waals surface area contributed by atoms with Crippen LogP contribution in [0.3, 0.4) is 0 Å². The van der Waals surface area contributed by atoms with Gasteiger partial charge in [0.05, 0.1) is 12.1 Å². The largest absolute Gasteiger partial charge is 0.476 e. The molecule has 1 aliphatic rings. The molecule has 0 saturated carbocycles. The molecule has 0 radical (unpaired) electrons. The molecule has 104 valence electrons. The number of rotatable bonds is 5. The van der Waals surface area contributed by atoms with Crippen molar-refractivity contribution in [2.24, 2.45) is 0 Å². The fourth-order valence-corrected chi connectivity index (χ4v) is 2.44. The maximum absolute atomic E-state index is 12.5. The average molecular weight is 263 g/mol. The van der Waals surface area contributed by atoms with Gasteiger partial charge in [-0.1, -0.05) is 6.92 Å². The minimum absolute atomic E-state index is 0.00135. The number of ether oxygens (including phenoxy) is 1. The Kier molecular flexibility index (Phi) is 4.37. The Bertz CT molecular complexity index is 442. The molecule has 0 bridgehead atoms. The summed E-state index contributed by atoms with van der Waals surface area (Å²) in [6.07, 6.45) is 4.35. The summed E-state index contributed by atoms with van der Waals surface area (Å²) < 4.78 is 5.42. The molecule has 2 N–H and O–H groups in total. The van der Waals surface area contributed by atoms with Gasteiger partial charge in [-0.25, -0.2) is 4.98 Å². The first kappa shape index (κ1) is 13.8. The maximum Gasteiger partial charge on any atom is 0.244 e. The van der Waals surface area contributed by atoms with Gasteiger partial charge >= 0.3 is 0 Å². The Morgan fingerprint density at radius 1 is 1.58 bits per heavy atom. The molecule has 1 saturated heterocycles. The van der Waals surface area contributed by atoms with Crippen molar-refractivity contribution in [1.82, 2.24) is 10.3 Å². The number of pyridine rings is 1. The van der Waals surface area contributed by atoms with Gasteiger partial charge < -0.3 is 15.4 Å². The first-order valence-electron chi connectivity index (χ1n) is 6.86. The molecule has 1 fully saturated rings. The number of hydrogen-bond acceptors (Lipinski definition) is 4. The lowest BCUT2D eigenvalue weighted by Crippen LogP contribution is -2.50. The van der Waals surface area contributed by atoms with E-state index >= 15 is 0 Å². The number of carbonyl (C=O) groups is 1. The summed E-state index contributed by atoms with van der Waals surface area (Å²) in [5.74, 6) is 0.476. The van der Waals surface area contributed by atoms with E-state index in [1.165, 1.54) is 0 Å². The van der Waals surface area contributed by atoms with Crippen molar-refractivity contribution in [1.29, 1.82) is 0 Å². The zero-order valence-electron chi connectivity index (χ0n) is 11.5. The zero-order chi connectivity index (χ0) is 13.7. The summed E-state index contributed by atoms with van der Waals surface area (Å²) in [5.41, 5.74) is 0.190. The van der Waals surface area contributed by atoms with Crippen LogP contribution in [0, 0.1) is 0 Å². The normalized spacial score (nSPS) is 22.2. The molecule has 1 amide bonds. The number of anilines is 1. The van der Waals surface area contributed by atoms with E-state index in [-0.39, 0.29) is 5.91 Å². The maximum atomic E-state index is 12.5. The lowest BCUT2D eigenvalue weighted by atomic mass is 9.93. The Labute approximate surface area is 113 Å². The fourth-order valence-electron chi connectivity index (χ4n) is 2.44. The Balaban J connectivity index is 2.14. The van der Waals surface area contributed by atoms with Gasteiger partial charge in [0.2, 0.25) is 11.8 Å². The number of nitrogens with one attached hydrogen (secondary N) is 2. The van der Waals surface area contributed by atoms with Crippen molar-refractivity contribution in [3.63, 3.8) is 0 Å². The molecular weight excluding hydrogens is 242 g/mol. The van der Waals surface area contributed by atoms with Crippen LogP contribution in [0.15, 0.2) is 18.3 Å². The summed E-state index contributed by atoms with van der Waals surface area (Å²) in [5, 5.41) is 6.26. The second kappa shape index (κ2) is 6.02. The van der Waals surface area contributed by atoms with Crippen LogP contribution in [0.25, 0.3) is 0 Å². The molecular formula is C14H21N3O2. The van der Waals surface area contributed by atoms with Crippen molar-refractivity contribution in [2.75, 3.05) is 18.5 Å². The molecule has 2 heterocycles. The Morgan fingerprint density at radius 2 is 2.42 bits per heavy atom. The molecule has 1 atom stereocenters. The monoisotopic (exact) mass is 263 g/mol. The van der Waals surface area contributed by atoms with Gasteiger partial charge in [-0.05, 0) is 44.9 Å². The van der Waals surface area contributed by atoms with Gasteiger partial charge in [0.25, 0.3) is 0 Å². The minimum Gasteiger partial charge on any atom is -0.476 e. The lowest BCUT2D eigenvalue weighted by Gasteiger charge is -2.26. The quantitative estimate of drug-likeness (QED) is 0.852. The van der Waals surface area contributed by atoms with E-state index in [0.717, 1.165) is 25.8 Å². The number of aromatic nitrogens is 1. The standard InChI is InChI=1S/C14H21N3O2/c1-3-14(8-6-10-16-14)13(18)17-11-7-5-9-15-12(11)19-4-2/h5,7,9,16H,3-4,6,8,10H2,1-2H3,(H,17,18). The van der Waals surface area contributed by atoms with Crippen molar-refractivity contribution >= 4 is 11.6 Å². The molecule has 1 aliphatic heterocycles. The SMILES string of the molecule is CCOc1ncccc1NC(=O)C1(CC)CCCN1. The van der Waals surface area contributed by atoms with E-state index < -0.39 is 5.54 Å². The van der Waals surface area contributed by atoms with Crippen molar-refractivity contribution < 1.29 is 9.53 Å². The highest BCUT2D eigenvalue weighted by Crippen LogP contribution is 2.27. The van der Waals surface area contributed by atoms with E-state index in [9.17, 15) is 4.79 Å². The number of carbonyl (C=O) groups excluding carboxylic acids is 1. The predicted octanol–water partition coefficient (Wildman–Crippen LogP) is 1.95. The highest BCUT2D eigenvalue weighted by atomic mass is 16.5.